The molecule has 4 atom stereocenters. The molecule has 10 heteroatoms. The van der Waals surface area contributed by atoms with Crippen LogP contribution in [-0.4, -0.2) is 65.7 Å². The third-order valence-corrected chi connectivity index (χ3v) is 9.80. The third-order valence-electron chi connectivity index (χ3n) is 8.76. The molecule has 2 aliphatic rings. The first kappa shape index (κ1) is 28.0. The highest BCUT2D eigenvalue weighted by atomic mass is 32.1. The summed E-state index contributed by atoms with van der Waals surface area (Å²) in [6, 6.07) is 12.1. The predicted molar refractivity (Wildman–Crippen MR) is 162 cm³/mol. The fraction of sp³-hybridized carbons (Fsp3) is 0.484. The van der Waals surface area contributed by atoms with Gasteiger partial charge in [-0.05, 0) is 70.4 Å². The van der Waals surface area contributed by atoms with Gasteiger partial charge in [0.2, 0.25) is 5.95 Å². The number of nitrogens with zero attached hydrogens (tertiary/aromatic N) is 4. The molecule has 0 bridgehead atoms. The number of hydrogen-bond donors (Lipinski definition) is 5. The number of hydrogen-bond acceptors (Lipinski definition) is 10. The number of aliphatic hydroxyl groups excluding tert-OH is 2. The molecule has 4 aromatic rings. The van der Waals surface area contributed by atoms with Crippen LogP contribution in [0.2, 0.25) is 0 Å². The average Bonchev–Trinajstić information content (AvgIpc) is 3.46. The number of fused-ring (bicyclic) bond motifs is 1. The van der Waals surface area contributed by atoms with Gasteiger partial charge in [0.05, 0.1) is 39.4 Å². The Morgan fingerprint density at radius 2 is 1.71 bits per heavy atom. The molecule has 0 amide bonds. The molecule has 41 heavy (non-hydrogen) atoms. The number of aryl methyl sites for hydroxylation is 2. The Kier molecular flexibility index (Phi) is 7.44. The molecule has 3 heterocycles. The summed E-state index contributed by atoms with van der Waals surface area (Å²) >= 11 is 1.55. The number of thiazole rings is 1. The van der Waals surface area contributed by atoms with Crippen LogP contribution in [0.5, 0.6) is 0 Å². The smallest absolute Gasteiger partial charge is 0.224 e. The van der Waals surface area contributed by atoms with Gasteiger partial charge in [-0.1, -0.05) is 30.3 Å². The number of anilines is 2. The first-order valence-electron chi connectivity index (χ1n) is 14.3. The lowest BCUT2D eigenvalue weighted by Gasteiger charge is -2.35. The number of aliphatic hydroxyl groups is 3. The molecule has 0 radical (unpaired) electrons. The SMILES string of the molecule is Cc1nc(NCC2CC(c3ccccc3)C2)nc(N[C@@H]2C[C@H](C(C)(C)O)[C@@H](O)[C@H]2O)c1-c1nc2c(C)nccc2s1. The zero-order valence-electron chi connectivity index (χ0n) is 23.9. The van der Waals surface area contributed by atoms with Crippen LogP contribution in [0.1, 0.15) is 56.0 Å². The summed E-state index contributed by atoms with van der Waals surface area (Å²) < 4.78 is 1.02. The molecule has 0 aliphatic heterocycles. The van der Waals surface area contributed by atoms with Crippen LogP contribution in [0.25, 0.3) is 20.8 Å². The van der Waals surface area contributed by atoms with Crippen LogP contribution in [0.3, 0.4) is 0 Å². The Balaban J connectivity index is 1.27. The summed E-state index contributed by atoms with van der Waals surface area (Å²) in [5, 5.41) is 39.9. The molecule has 2 aliphatic carbocycles. The van der Waals surface area contributed by atoms with E-state index < -0.39 is 29.8 Å². The van der Waals surface area contributed by atoms with E-state index >= 15 is 0 Å². The molecular weight excluding hydrogens is 536 g/mol. The second-order valence-electron chi connectivity index (χ2n) is 12.2. The zero-order chi connectivity index (χ0) is 28.9. The van der Waals surface area contributed by atoms with Crippen LogP contribution in [0.15, 0.2) is 42.6 Å². The average molecular weight is 575 g/mol. The predicted octanol–water partition coefficient (Wildman–Crippen LogP) is 4.66. The van der Waals surface area contributed by atoms with Crippen LogP contribution in [0.4, 0.5) is 11.8 Å². The van der Waals surface area contributed by atoms with Crippen molar-refractivity contribution in [3.8, 4) is 10.6 Å². The Morgan fingerprint density at radius 3 is 2.39 bits per heavy atom. The number of benzene rings is 1. The third kappa shape index (κ3) is 5.53. The quantitative estimate of drug-likeness (QED) is 0.203. The van der Waals surface area contributed by atoms with Gasteiger partial charge >= 0.3 is 0 Å². The molecule has 0 spiro atoms. The molecular formula is C31H38N6O3S. The number of rotatable bonds is 8. The fourth-order valence-corrected chi connectivity index (χ4v) is 7.40. The van der Waals surface area contributed by atoms with Gasteiger partial charge in [0.25, 0.3) is 0 Å². The maximum absolute atomic E-state index is 10.9. The van der Waals surface area contributed by atoms with Crippen LogP contribution >= 0.6 is 11.3 Å². The maximum atomic E-state index is 10.9. The van der Waals surface area contributed by atoms with E-state index in [1.165, 1.54) is 5.56 Å². The van der Waals surface area contributed by atoms with Gasteiger partial charge in [-0.25, -0.2) is 9.97 Å². The van der Waals surface area contributed by atoms with Crippen LogP contribution in [0, 0.1) is 25.7 Å². The van der Waals surface area contributed by atoms with Crippen molar-refractivity contribution in [2.24, 2.45) is 11.8 Å². The van der Waals surface area contributed by atoms with Crippen molar-refractivity contribution >= 4 is 33.3 Å². The van der Waals surface area contributed by atoms with Gasteiger partial charge in [0, 0.05) is 18.7 Å². The standard InChI is InChI=1S/C31H38N6O3S/c1-16-24(29-36-25-17(2)32-11-10-23(25)41-29)28(35-22-14-21(31(3,4)40)26(38)27(22)39)37-30(34-16)33-15-18-12-20(13-18)19-8-6-5-7-9-19/h5-11,18,20-22,26-27,38-40H,12-15H2,1-4H3,(H2,33,34,35,37)/t18?,20?,21-,22+,26+,27-/m0/s1. The lowest BCUT2D eigenvalue weighted by atomic mass is 9.71. The molecule has 3 aromatic heterocycles. The number of nitrogens with one attached hydrogen (secondary N) is 2. The number of pyridine rings is 1. The van der Waals surface area contributed by atoms with Gasteiger partial charge in [-0.2, -0.15) is 4.98 Å². The van der Waals surface area contributed by atoms with Crippen molar-refractivity contribution < 1.29 is 15.3 Å². The molecule has 5 N–H and O–H groups in total. The Hall–Kier alpha value is -3.18. The van der Waals surface area contributed by atoms with Crippen molar-refractivity contribution in [3.63, 3.8) is 0 Å². The van der Waals surface area contributed by atoms with E-state index in [0.29, 0.717) is 30.0 Å². The largest absolute Gasteiger partial charge is 0.390 e. The molecule has 0 unspecified atom stereocenters. The highest BCUT2D eigenvalue weighted by molar-refractivity contribution is 7.21. The summed E-state index contributed by atoms with van der Waals surface area (Å²) in [4.78, 5) is 19.0. The van der Waals surface area contributed by atoms with E-state index in [4.69, 9.17) is 15.0 Å². The summed E-state index contributed by atoms with van der Waals surface area (Å²) in [6.45, 7) is 7.99. The molecule has 216 valence electrons. The monoisotopic (exact) mass is 574 g/mol. The highest BCUT2D eigenvalue weighted by Crippen LogP contribution is 2.42. The van der Waals surface area contributed by atoms with Gasteiger partial charge < -0.3 is 26.0 Å². The highest BCUT2D eigenvalue weighted by Gasteiger charge is 2.48. The van der Waals surface area contributed by atoms with Crippen molar-refractivity contribution in [2.75, 3.05) is 17.2 Å². The fourth-order valence-electron chi connectivity index (χ4n) is 6.29. The molecule has 6 rings (SSSR count). The van der Waals surface area contributed by atoms with Gasteiger partial charge in [-0.3, -0.25) is 4.98 Å². The van der Waals surface area contributed by atoms with Crippen molar-refractivity contribution in [1.82, 2.24) is 19.9 Å². The minimum Gasteiger partial charge on any atom is -0.390 e. The topological polar surface area (TPSA) is 136 Å². The maximum Gasteiger partial charge on any atom is 0.224 e. The molecule has 1 aromatic carbocycles. The van der Waals surface area contributed by atoms with E-state index in [1.54, 1.807) is 31.4 Å². The van der Waals surface area contributed by atoms with Crippen molar-refractivity contribution in [3.05, 3.63) is 59.5 Å². The minimum absolute atomic E-state index is 0.392. The van der Waals surface area contributed by atoms with E-state index in [9.17, 15) is 15.3 Å². The van der Waals surface area contributed by atoms with Gasteiger partial charge in [-0.15, -0.1) is 11.3 Å². The number of aromatic nitrogens is 4. The normalized spacial score (nSPS) is 26.2. The van der Waals surface area contributed by atoms with Crippen LogP contribution < -0.4 is 10.6 Å². The van der Waals surface area contributed by atoms with E-state index in [2.05, 4.69) is 45.9 Å². The summed E-state index contributed by atoms with van der Waals surface area (Å²) in [5.74, 6) is 1.72. The first-order valence-corrected chi connectivity index (χ1v) is 15.1. The Morgan fingerprint density at radius 1 is 0.951 bits per heavy atom. The molecule has 9 nitrogen and oxygen atoms in total. The second-order valence-corrected chi connectivity index (χ2v) is 13.2. The summed E-state index contributed by atoms with van der Waals surface area (Å²) in [5.41, 5.74) is 3.49. The molecule has 2 fully saturated rings. The minimum atomic E-state index is -1.13. The van der Waals surface area contributed by atoms with Crippen molar-refractivity contribution in [2.45, 2.75) is 76.7 Å². The summed E-state index contributed by atoms with van der Waals surface area (Å²) in [7, 11) is 0. The van der Waals surface area contributed by atoms with Gasteiger partial charge in [0.15, 0.2) is 0 Å². The molecule has 0 saturated heterocycles. The lowest BCUT2D eigenvalue weighted by Crippen LogP contribution is -2.40. The summed E-state index contributed by atoms with van der Waals surface area (Å²) in [6.07, 6.45) is 2.32. The zero-order valence-corrected chi connectivity index (χ0v) is 24.7. The van der Waals surface area contributed by atoms with E-state index in [0.717, 1.165) is 51.6 Å². The van der Waals surface area contributed by atoms with E-state index in [-0.39, 0.29) is 0 Å². The second kappa shape index (κ2) is 10.9. The van der Waals surface area contributed by atoms with Gasteiger partial charge in [0.1, 0.15) is 22.4 Å². The lowest BCUT2D eigenvalue weighted by molar-refractivity contribution is -0.0601. The first-order chi connectivity index (χ1) is 19.6. The Labute approximate surface area is 244 Å². The van der Waals surface area contributed by atoms with Crippen LogP contribution in [-0.2, 0) is 0 Å². The van der Waals surface area contributed by atoms with E-state index in [1.807, 2.05) is 19.9 Å². The molecule has 2 saturated carbocycles. The van der Waals surface area contributed by atoms with Crippen molar-refractivity contribution in [1.29, 1.82) is 0 Å². The Bertz CT molecular complexity index is 1530.